The van der Waals surface area contributed by atoms with E-state index in [1.165, 1.54) is 20.0 Å². The minimum Gasteiger partial charge on any atom is -0.496 e. The van der Waals surface area contributed by atoms with Crippen molar-refractivity contribution in [2.24, 2.45) is 0 Å². The standard InChI is InChI=1S/C16H23NO3/c1-19-15-10-6-3-7-13(15)11-17(12-16(18)20-2)14-8-4-5-9-14/h3,6-7,10,14H,4-5,8-9,11-12H2,1-2H3. The van der Waals surface area contributed by atoms with Crippen LogP contribution in [0.5, 0.6) is 5.75 Å². The third-order valence-electron chi connectivity index (χ3n) is 3.97. The Kier molecular flexibility index (Phi) is 5.41. The quantitative estimate of drug-likeness (QED) is 0.749. The first kappa shape index (κ1) is 14.9. The van der Waals surface area contributed by atoms with Crippen LogP contribution in [0, 0.1) is 0 Å². The highest BCUT2D eigenvalue weighted by atomic mass is 16.5. The number of rotatable bonds is 6. The van der Waals surface area contributed by atoms with Crippen LogP contribution in [0.3, 0.4) is 0 Å². The highest BCUT2D eigenvalue weighted by Gasteiger charge is 2.25. The molecule has 1 aliphatic rings. The van der Waals surface area contributed by atoms with Gasteiger partial charge in [-0.3, -0.25) is 9.69 Å². The highest BCUT2D eigenvalue weighted by Crippen LogP contribution is 2.27. The number of hydrogen-bond acceptors (Lipinski definition) is 4. The van der Waals surface area contributed by atoms with E-state index in [0.29, 0.717) is 12.6 Å². The number of esters is 1. The number of carbonyl (C=O) groups is 1. The van der Waals surface area contributed by atoms with E-state index in [2.05, 4.69) is 11.0 Å². The maximum absolute atomic E-state index is 11.6. The zero-order chi connectivity index (χ0) is 14.4. The molecular formula is C16H23NO3. The summed E-state index contributed by atoms with van der Waals surface area (Å²) in [6, 6.07) is 8.45. The number of carbonyl (C=O) groups excluding carboxylic acids is 1. The van der Waals surface area contributed by atoms with E-state index < -0.39 is 0 Å². The van der Waals surface area contributed by atoms with Crippen molar-refractivity contribution in [2.45, 2.75) is 38.3 Å². The molecule has 1 saturated carbocycles. The Hall–Kier alpha value is -1.55. The summed E-state index contributed by atoms with van der Waals surface area (Å²) < 4.78 is 10.2. The number of ether oxygens (including phenoxy) is 2. The van der Waals surface area contributed by atoms with Gasteiger partial charge in [-0.15, -0.1) is 0 Å². The van der Waals surface area contributed by atoms with Crippen LogP contribution >= 0.6 is 0 Å². The monoisotopic (exact) mass is 277 g/mol. The van der Waals surface area contributed by atoms with Crippen LogP contribution in [0.15, 0.2) is 24.3 Å². The molecule has 20 heavy (non-hydrogen) atoms. The van der Waals surface area contributed by atoms with E-state index >= 15 is 0 Å². The summed E-state index contributed by atoms with van der Waals surface area (Å²) in [4.78, 5) is 13.8. The molecule has 110 valence electrons. The smallest absolute Gasteiger partial charge is 0.319 e. The third kappa shape index (κ3) is 3.73. The van der Waals surface area contributed by atoms with E-state index in [-0.39, 0.29) is 5.97 Å². The second-order valence-electron chi connectivity index (χ2n) is 5.23. The molecule has 1 aromatic carbocycles. The average molecular weight is 277 g/mol. The van der Waals surface area contributed by atoms with Crippen molar-refractivity contribution in [2.75, 3.05) is 20.8 Å². The molecule has 0 bridgehead atoms. The van der Waals surface area contributed by atoms with Crippen LogP contribution in [0.25, 0.3) is 0 Å². The van der Waals surface area contributed by atoms with E-state index in [1.807, 2.05) is 18.2 Å². The van der Waals surface area contributed by atoms with Gasteiger partial charge in [0.15, 0.2) is 0 Å². The Morgan fingerprint density at radius 3 is 2.60 bits per heavy atom. The molecule has 0 saturated heterocycles. The van der Waals surface area contributed by atoms with Crippen molar-refractivity contribution in [3.63, 3.8) is 0 Å². The first-order valence-electron chi connectivity index (χ1n) is 7.17. The van der Waals surface area contributed by atoms with E-state index in [0.717, 1.165) is 30.7 Å². The van der Waals surface area contributed by atoms with Crippen molar-refractivity contribution < 1.29 is 14.3 Å². The normalized spacial score (nSPS) is 15.6. The summed E-state index contributed by atoms with van der Waals surface area (Å²) in [5, 5.41) is 0. The molecule has 4 heteroatoms. The lowest BCUT2D eigenvalue weighted by molar-refractivity contribution is -0.142. The zero-order valence-corrected chi connectivity index (χ0v) is 12.3. The molecule has 0 unspecified atom stereocenters. The zero-order valence-electron chi connectivity index (χ0n) is 12.3. The van der Waals surface area contributed by atoms with Crippen LogP contribution < -0.4 is 4.74 Å². The van der Waals surface area contributed by atoms with E-state index in [4.69, 9.17) is 9.47 Å². The molecule has 0 atom stereocenters. The van der Waals surface area contributed by atoms with Gasteiger partial charge in [0, 0.05) is 18.2 Å². The summed E-state index contributed by atoms with van der Waals surface area (Å²) in [5.74, 6) is 0.701. The summed E-state index contributed by atoms with van der Waals surface area (Å²) in [6.07, 6.45) is 4.81. The van der Waals surface area contributed by atoms with Crippen molar-refractivity contribution in [3.05, 3.63) is 29.8 Å². The number of para-hydroxylation sites is 1. The predicted octanol–water partition coefficient (Wildman–Crippen LogP) is 2.61. The molecule has 1 aromatic rings. The van der Waals surface area contributed by atoms with Gasteiger partial charge in [-0.05, 0) is 18.9 Å². The summed E-state index contributed by atoms with van der Waals surface area (Å²) >= 11 is 0. The second-order valence-corrected chi connectivity index (χ2v) is 5.23. The largest absolute Gasteiger partial charge is 0.496 e. The first-order chi connectivity index (χ1) is 9.74. The Morgan fingerprint density at radius 2 is 1.95 bits per heavy atom. The molecule has 0 spiro atoms. The fourth-order valence-electron chi connectivity index (χ4n) is 2.87. The number of benzene rings is 1. The predicted molar refractivity (Wildman–Crippen MR) is 77.7 cm³/mol. The first-order valence-corrected chi connectivity index (χ1v) is 7.17. The van der Waals surface area contributed by atoms with Crippen LogP contribution in [0.4, 0.5) is 0 Å². The maximum Gasteiger partial charge on any atom is 0.319 e. The van der Waals surface area contributed by atoms with Gasteiger partial charge in [0.1, 0.15) is 5.75 Å². The Bertz CT molecular complexity index is 441. The topological polar surface area (TPSA) is 38.8 Å². The van der Waals surface area contributed by atoms with Crippen LogP contribution in [0.1, 0.15) is 31.2 Å². The van der Waals surface area contributed by atoms with Gasteiger partial charge in [-0.1, -0.05) is 31.0 Å². The number of hydrogen-bond donors (Lipinski definition) is 0. The van der Waals surface area contributed by atoms with Crippen molar-refractivity contribution in [1.29, 1.82) is 0 Å². The van der Waals surface area contributed by atoms with Crippen LogP contribution in [-0.4, -0.2) is 37.7 Å². The van der Waals surface area contributed by atoms with Crippen LogP contribution in [0.2, 0.25) is 0 Å². The van der Waals surface area contributed by atoms with Crippen LogP contribution in [-0.2, 0) is 16.1 Å². The SMILES string of the molecule is COC(=O)CN(Cc1ccccc1OC)C1CCCC1. The molecule has 4 nitrogen and oxygen atoms in total. The van der Waals surface area contributed by atoms with Gasteiger partial charge >= 0.3 is 5.97 Å². The van der Waals surface area contributed by atoms with Crippen molar-refractivity contribution in [1.82, 2.24) is 4.90 Å². The summed E-state index contributed by atoms with van der Waals surface area (Å²) in [5.41, 5.74) is 1.12. The molecule has 0 aliphatic heterocycles. The summed E-state index contributed by atoms with van der Waals surface area (Å²) in [7, 11) is 3.12. The Balaban J connectivity index is 2.11. The van der Waals surface area contributed by atoms with Gasteiger partial charge in [-0.2, -0.15) is 0 Å². The lowest BCUT2D eigenvalue weighted by Crippen LogP contribution is -2.37. The minimum absolute atomic E-state index is 0.174. The second kappa shape index (κ2) is 7.29. The maximum atomic E-state index is 11.6. The lowest BCUT2D eigenvalue weighted by Gasteiger charge is -2.28. The molecule has 0 N–H and O–H groups in total. The molecule has 0 radical (unpaired) electrons. The van der Waals surface area contributed by atoms with Crippen molar-refractivity contribution in [3.8, 4) is 5.75 Å². The van der Waals surface area contributed by atoms with Gasteiger partial charge in [-0.25, -0.2) is 0 Å². The third-order valence-corrected chi connectivity index (χ3v) is 3.97. The Labute approximate surface area is 120 Å². The van der Waals surface area contributed by atoms with E-state index in [1.54, 1.807) is 7.11 Å². The number of methoxy groups -OCH3 is 2. The fourth-order valence-corrected chi connectivity index (χ4v) is 2.87. The van der Waals surface area contributed by atoms with Gasteiger partial charge in [0.05, 0.1) is 20.8 Å². The molecular weight excluding hydrogens is 254 g/mol. The molecule has 1 fully saturated rings. The van der Waals surface area contributed by atoms with Gasteiger partial charge in [0.2, 0.25) is 0 Å². The van der Waals surface area contributed by atoms with Gasteiger partial charge in [0.25, 0.3) is 0 Å². The molecule has 2 rings (SSSR count). The molecule has 1 aliphatic carbocycles. The highest BCUT2D eigenvalue weighted by molar-refractivity contribution is 5.71. The minimum atomic E-state index is -0.174. The van der Waals surface area contributed by atoms with Crippen molar-refractivity contribution >= 4 is 5.97 Å². The molecule has 0 aromatic heterocycles. The lowest BCUT2D eigenvalue weighted by atomic mass is 10.1. The van der Waals surface area contributed by atoms with E-state index in [9.17, 15) is 4.79 Å². The fraction of sp³-hybridized carbons (Fsp3) is 0.562. The van der Waals surface area contributed by atoms with Gasteiger partial charge < -0.3 is 9.47 Å². The molecule has 0 amide bonds. The Morgan fingerprint density at radius 1 is 1.25 bits per heavy atom. The molecule has 0 heterocycles. The summed E-state index contributed by atoms with van der Waals surface area (Å²) in [6.45, 7) is 1.07. The average Bonchev–Trinajstić information content (AvgIpc) is 3.01. The number of nitrogens with zero attached hydrogens (tertiary/aromatic N) is 1.